The number of rotatable bonds is 5. The molecule has 0 bridgehead atoms. The van der Waals surface area contributed by atoms with Gasteiger partial charge in [0.05, 0.1) is 9.79 Å². The van der Waals surface area contributed by atoms with Gasteiger partial charge in [0.25, 0.3) is 10.0 Å². The van der Waals surface area contributed by atoms with Gasteiger partial charge in [-0.15, -0.1) is 4.28 Å². The predicted molar refractivity (Wildman–Crippen MR) is 89.5 cm³/mol. The van der Waals surface area contributed by atoms with E-state index in [-0.39, 0.29) is 9.79 Å². The van der Waals surface area contributed by atoms with Gasteiger partial charge in [-0.25, -0.2) is 17.9 Å². The molecular weight excluding hydrogens is 368 g/mol. The summed E-state index contributed by atoms with van der Waals surface area (Å²) in [5.41, 5.74) is 3.24. The molecule has 10 heteroatoms. The quantitative estimate of drug-likeness (QED) is 0.756. The summed E-state index contributed by atoms with van der Waals surface area (Å²) < 4.78 is 53.9. The Morgan fingerprint density at radius 3 is 1.72 bits per heavy atom. The first kappa shape index (κ1) is 18.9. The third kappa shape index (κ3) is 5.02. The van der Waals surface area contributed by atoms with E-state index < -0.39 is 26.2 Å². The number of amides is 2. The highest BCUT2D eigenvalue weighted by atomic mass is 32.2. The number of hydrogen-bond acceptors (Lipinski definition) is 6. The Labute approximate surface area is 146 Å². The van der Waals surface area contributed by atoms with Crippen molar-refractivity contribution in [3.8, 4) is 0 Å². The van der Waals surface area contributed by atoms with Crippen LogP contribution in [-0.4, -0.2) is 22.9 Å². The van der Waals surface area contributed by atoms with Gasteiger partial charge >= 0.3 is 16.1 Å². The molecule has 134 valence electrons. The van der Waals surface area contributed by atoms with E-state index in [1.165, 1.54) is 24.3 Å². The zero-order valence-electron chi connectivity index (χ0n) is 13.4. The van der Waals surface area contributed by atoms with Crippen molar-refractivity contribution in [1.82, 2.24) is 10.2 Å². The molecule has 0 fully saturated rings. The molecule has 0 saturated carbocycles. The zero-order valence-corrected chi connectivity index (χ0v) is 15.0. The van der Waals surface area contributed by atoms with Gasteiger partial charge < -0.3 is 0 Å². The molecule has 0 unspecified atom stereocenters. The third-order valence-electron chi connectivity index (χ3n) is 3.11. The lowest BCUT2D eigenvalue weighted by Crippen LogP contribution is -2.40. The molecule has 0 aliphatic heterocycles. The van der Waals surface area contributed by atoms with Crippen LogP contribution >= 0.6 is 0 Å². The second-order valence-electron chi connectivity index (χ2n) is 5.20. The van der Waals surface area contributed by atoms with Crippen LogP contribution in [0, 0.1) is 13.8 Å². The van der Waals surface area contributed by atoms with E-state index in [4.69, 9.17) is 0 Å². The highest BCUT2D eigenvalue weighted by Crippen LogP contribution is 2.12. The summed E-state index contributed by atoms with van der Waals surface area (Å²) in [6.45, 7) is 3.55. The molecule has 2 amide bonds. The van der Waals surface area contributed by atoms with Gasteiger partial charge in [0.2, 0.25) is 0 Å². The molecule has 0 spiro atoms. The van der Waals surface area contributed by atoms with Gasteiger partial charge in [-0.2, -0.15) is 13.9 Å². The van der Waals surface area contributed by atoms with Crippen molar-refractivity contribution < 1.29 is 25.9 Å². The molecule has 0 aliphatic rings. The number of benzene rings is 2. The second kappa shape index (κ2) is 7.21. The van der Waals surface area contributed by atoms with E-state index >= 15 is 0 Å². The summed E-state index contributed by atoms with van der Waals surface area (Å²) in [6, 6.07) is 10.1. The Morgan fingerprint density at radius 1 is 0.800 bits per heavy atom. The van der Waals surface area contributed by atoms with Crippen LogP contribution < -0.4 is 10.2 Å². The van der Waals surface area contributed by atoms with Crippen LogP contribution in [0.25, 0.3) is 0 Å². The fourth-order valence-electron chi connectivity index (χ4n) is 1.76. The number of urea groups is 1. The number of sulfonamides is 1. The highest BCUT2D eigenvalue weighted by molar-refractivity contribution is 7.90. The van der Waals surface area contributed by atoms with E-state index in [1.54, 1.807) is 48.3 Å². The Kier molecular flexibility index (Phi) is 5.45. The van der Waals surface area contributed by atoms with E-state index in [0.29, 0.717) is 0 Å². The monoisotopic (exact) mass is 384 g/mol. The SMILES string of the molecule is Cc1ccc(S(=O)(=O)NC(=O)NOS(=O)(=O)c2ccc(C)cc2)cc1. The normalized spacial score (nSPS) is 11.8. The van der Waals surface area contributed by atoms with E-state index in [9.17, 15) is 21.6 Å². The molecule has 0 heterocycles. The number of carbonyl (C=O) groups excluding carboxylic acids is 1. The number of carbonyl (C=O) groups is 1. The Hall–Kier alpha value is -2.43. The highest BCUT2D eigenvalue weighted by Gasteiger charge is 2.21. The lowest BCUT2D eigenvalue weighted by atomic mass is 10.2. The molecule has 25 heavy (non-hydrogen) atoms. The number of nitrogens with one attached hydrogen (secondary N) is 2. The average Bonchev–Trinajstić information content (AvgIpc) is 2.53. The van der Waals surface area contributed by atoms with Crippen molar-refractivity contribution in [2.75, 3.05) is 0 Å². The van der Waals surface area contributed by atoms with Gasteiger partial charge in [0.1, 0.15) is 0 Å². The fourth-order valence-corrected chi connectivity index (χ4v) is 3.41. The summed E-state index contributed by atoms with van der Waals surface area (Å²) in [6.07, 6.45) is 0. The van der Waals surface area contributed by atoms with Gasteiger partial charge in [-0.1, -0.05) is 35.4 Å². The average molecular weight is 384 g/mol. The summed E-state index contributed by atoms with van der Waals surface area (Å²) in [5.74, 6) is 0. The standard InChI is InChI=1S/C15H16N2O6S2/c1-11-3-7-13(8-4-11)24(19,20)17-15(18)16-23-25(21,22)14-9-5-12(2)6-10-14/h3-10H,1-2H3,(H2,16,17,18). The maximum atomic E-state index is 12.0. The maximum Gasteiger partial charge on any atom is 0.353 e. The summed E-state index contributed by atoms with van der Waals surface area (Å²) in [7, 11) is -8.42. The Morgan fingerprint density at radius 2 is 1.24 bits per heavy atom. The van der Waals surface area contributed by atoms with Crippen molar-refractivity contribution in [1.29, 1.82) is 0 Å². The summed E-state index contributed by atoms with van der Waals surface area (Å²) >= 11 is 0. The van der Waals surface area contributed by atoms with Crippen LogP contribution in [0.15, 0.2) is 58.3 Å². The minimum atomic E-state index is -4.26. The third-order valence-corrected chi connectivity index (χ3v) is 5.61. The summed E-state index contributed by atoms with van der Waals surface area (Å²) in [4.78, 5) is 11.3. The molecule has 2 aromatic carbocycles. The van der Waals surface area contributed by atoms with Crippen LogP contribution in [0.4, 0.5) is 4.79 Å². The molecule has 2 N–H and O–H groups in total. The van der Waals surface area contributed by atoms with Gasteiger partial charge in [0.15, 0.2) is 0 Å². The molecule has 2 rings (SSSR count). The Bertz CT molecular complexity index is 966. The van der Waals surface area contributed by atoms with Crippen LogP contribution in [0.1, 0.15) is 11.1 Å². The van der Waals surface area contributed by atoms with E-state index in [1.807, 2.05) is 0 Å². The van der Waals surface area contributed by atoms with Crippen LogP contribution in [0.5, 0.6) is 0 Å². The first-order valence-corrected chi connectivity index (χ1v) is 9.89. The molecule has 0 radical (unpaired) electrons. The van der Waals surface area contributed by atoms with Gasteiger partial charge in [-0.3, -0.25) is 0 Å². The van der Waals surface area contributed by atoms with Crippen molar-refractivity contribution in [3.05, 3.63) is 59.7 Å². The minimum absolute atomic E-state index is 0.144. The van der Waals surface area contributed by atoms with E-state index in [2.05, 4.69) is 4.28 Å². The minimum Gasteiger partial charge on any atom is -0.245 e. The van der Waals surface area contributed by atoms with Crippen molar-refractivity contribution in [2.24, 2.45) is 0 Å². The van der Waals surface area contributed by atoms with E-state index in [0.717, 1.165) is 11.1 Å². The van der Waals surface area contributed by atoms with Crippen molar-refractivity contribution in [3.63, 3.8) is 0 Å². The van der Waals surface area contributed by atoms with Gasteiger partial charge in [0, 0.05) is 0 Å². The topological polar surface area (TPSA) is 119 Å². The number of aryl methyl sites for hydroxylation is 2. The molecule has 0 atom stereocenters. The largest absolute Gasteiger partial charge is 0.353 e. The maximum absolute atomic E-state index is 12.0. The summed E-state index contributed by atoms with van der Waals surface area (Å²) in [5, 5.41) is 0. The smallest absolute Gasteiger partial charge is 0.245 e. The fraction of sp³-hybridized carbons (Fsp3) is 0.133. The Balaban J connectivity index is 2.02. The van der Waals surface area contributed by atoms with Gasteiger partial charge in [-0.05, 0) is 38.1 Å². The lowest BCUT2D eigenvalue weighted by molar-refractivity contribution is 0.186. The first-order valence-electron chi connectivity index (χ1n) is 7.00. The predicted octanol–water partition coefficient (Wildman–Crippen LogP) is 1.61. The van der Waals surface area contributed by atoms with Crippen molar-refractivity contribution in [2.45, 2.75) is 23.6 Å². The molecule has 8 nitrogen and oxygen atoms in total. The molecule has 2 aromatic rings. The number of hydrogen-bond donors (Lipinski definition) is 2. The zero-order chi connectivity index (χ0) is 18.7. The van der Waals surface area contributed by atoms with Crippen LogP contribution in [0.3, 0.4) is 0 Å². The lowest BCUT2D eigenvalue weighted by Gasteiger charge is -2.09. The molecule has 0 aromatic heterocycles. The van der Waals surface area contributed by atoms with Crippen molar-refractivity contribution >= 4 is 26.2 Å². The van der Waals surface area contributed by atoms with Crippen LogP contribution in [0.2, 0.25) is 0 Å². The van der Waals surface area contributed by atoms with Crippen LogP contribution in [-0.2, 0) is 24.4 Å². The second-order valence-corrected chi connectivity index (χ2v) is 8.43. The molecule has 0 saturated heterocycles. The number of hydroxylamine groups is 1. The first-order chi connectivity index (χ1) is 11.6. The molecular formula is C15H16N2O6S2. The molecule has 0 aliphatic carbocycles.